The van der Waals surface area contributed by atoms with Gasteiger partial charge in [0, 0.05) is 50.8 Å². The SMILES string of the molecule is CCC1CN(C(=NC)NCC2CCN(S(=O)(=O)c3ccccc3)CC2)CCS1.I. The second kappa shape index (κ2) is 11.8. The van der Waals surface area contributed by atoms with Crippen molar-refractivity contribution >= 4 is 51.7 Å². The van der Waals surface area contributed by atoms with Gasteiger partial charge in [-0.15, -0.1) is 24.0 Å². The van der Waals surface area contributed by atoms with E-state index in [1.54, 1.807) is 28.6 Å². The Hall–Kier alpha value is -0.520. The van der Waals surface area contributed by atoms with Crippen LogP contribution < -0.4 is 5.32 Å². The molecule has 2 aliphatic rings. The lowest BCUT2D eigenvalue weighted by molar-refractivity contribution is 0.271. The van der Waals surface area contributed by atoms with Gasteiger partial charge >= 0.3 is 0 Å². The molecule has 1 unspecified atom stereocenters. The highest BCUT2D eigenvalue weighted by molar-refractivity contribution is 14.0. The first-order valence-corrected chi connectivity index (χ1v) is 12.7. The summed E-state index contributed by atoms with van der Waals surface area (Å²) in [6, 6.07) is 8.74. The van der Waals surface area contributed by atoms with E-state index < -0.39 is 10.0 Å². The van der Waals surface area contributed by atoms with Gasteiger partial charge in [0.05, 0.1) is 4.90 Å². The van der Waals surface area contributed by atoms with Crippen LogP contribution in [0.25, 0.3) is 0 Å². The van der Waals surface area contributed by atoms with E-state index in [2.05, 4.69) is 33.9 Å². The Morgan fingerprint density at radius 2 is 1.90 bits per heavy atom. The molecule has 9 heteroatoms. The van der Waals surface area contributed by atoms with Gasteiger partial charge in [0.25, 0.3) is 0 Å². The number of nitrogens with zero attached hydrogens (tertiary/aromatic N) is 3. The molecule has 2 fully saturated rings. The van der Waals surface area contributed by atoms with E-state index in [0.29, 0.717) is 29.2 Å². The van der Waals surface area contributed by atoms with Crippen LogP contribution in [-0.2, 0) is 10.0 Å². The number of aliphatic imine (C=N–C) groups is 1. The summed E-state index contributed by atoms with van der Waals surface area (Å²) in [5, 5.41) is 4.22. The lowest BCUT2D eigenvalue weighted by atomic mass is 9.98. The number of guanidine groups is 1. The van der Waals surface area contributed by atoms with Gasteiger partial charge in [0.1, 0.15) is 0 Å². The minimum Gasteiger partial charge on any atom is -0.356 e. The third-order valence-electron chi connectivity index (χ3n) is 5.61. The number of benzene rings is 1. The minimum atomic E-state index is -3.37. The standard InChI is InChI=1S/C20H32N4O2S2.HI/c1-3-18-16-23(13-14-27-18)20(21-2)22-15-17-9-11-24(12-10-17)28(25,26)19-7-5-4-6-8-19;/h4-8,17-18H,3,9-16H2,1-2H3,(H,21,22);1H. The van der Waals surface area contributed by atoms with Crippen molar-refractivity contribution in [3.63, 3.8) is 0 Å². The summed E-state index contributed by atoms with van der Waals surface area (Å²) in [5.41, 5.74) is 0. The van der Waals surface area contributed by atoms with E-state index >= 15 is 0 Å². The summed E-state index contributed by atoms with van der Waals surface area (Å²) in [6.07, 6.45) is 2.94. The third-order valence-corrected chi connectivity index (χ3v) is 8.89. The molecule has 0 aliphatic carbocycles. The van der Waals surface area contributed by atoms with E-state index in [4.69, 9.17) is 0 Å². The van der Waals surface area contributed by atoms with Gasteiger partial charge in [-0.1, -0.05) is 25.1 Å². The normalized spacial score (nSPS) is 22.2. The van der Waals surface area contributed by atoms with Crippen LogP contribution in [0.15, 0.2) is 40.2 Å². The second-order valence-electron chi connectivity index (χ2n) is 7.44. The molecule has 2 saturated heterocycles. The number of rotatable bonds is 5. The summed E-state index contributed by atoms with van der Waals surface area (Å²) >= 11 is 2.05. The van der Waals surface area contributed by atoms with Gasteiger partial charge in [-0.05, 0) is 37.3 Å². The minimum absolute atomic E-state index is 0. The van der Waals surface area contributed by atoms with Crippen LogP contribution in [0.4, 0.5) is 0 Å². The molecule has 29 heavy (non-hydrogen) atoms. The van der Waals surface area contributed by atoms with Gasteiger partial charge in [0.2, 0.25) is 10.0 Å². The molecule has 1 N–H and O–H groups in total. The van der Waals surface area contributed by atoms with E-state index in [1.165, 1.54) is 6.42 Å². The Labute approximate surface area is 197 Å². The molecule has 1 aromatic carbocycles. The highest BCUT2D eigenvalue weighted by Crippen LogP contribution is 2.24. The maximum Gasteiger partial charge on any atom is 0.243 e. The van der Waals surface area contributed by atoms with Crippen molar-refractivity contribution in [3.8, 4) is 0 Å². The highest BCUT2D eigenvalue weighted by Gasteiger charge is 2.29. The van der Waals surface area contributed by atoms with E-state index in [1.807, 2.05) is 13.1 Å². The molecular formula is C20H33IN4O2S2. The van der Waals surface area contributed by atoms with Crippen molar-refractivity contribution < 1.29 is 8.42 Å². The topological polar surface area (TPSA) is 65.0 Å². The molecule has 2 aliphatic heterocycles. The smallest absolute Gasteiger partial charge is 0.243 e. The highest BCUT2D eigenvalue weighted by atomic mass is 127. The lowest BCUT2D eigenvalue weighted by Crippen LogP contribution is -2.49. The summed E-state index contributed by atoms with van der Waals surface area (Å²) in [5.74, 6) is 2.60. The number of thioether (sulfide) groups is 1. The predicted octanol–water partition coefficient (Wildman–Crippen LogP) is 3.11. The quantitative estimate of drug-likeness (QED) is 0.346. The number of sulfonamides is 1. The predicted molar refractivity (Wildman–Crippen MR) is 133 cm³/mol. The summed E-state index contributed by atoms with van der Waals surface area (Å²) in [4.78, 5) is 7.22. The van der Waals surface area contributed by atoms with Crippen molar-refractivity contribution in [2.24, 2.45) is 10.9 Å². The van der Waals surface area contributed by atoms with Crippen LogP contribution in [0, 0.1) is 5.92 Å². The molecule has 164 valence electrons. The maximum atomic E-state index is 12.8. The van der Waals surface area contributed by atoms with Gasteiger partial charge < -0.3 is 10.2 Å². The van der Waals surface area contributed by atoms with Crippen LogP contribution in [0.3, 0.4) is 0 Å². The first-order chi connectivity index (χ1) is 13.5. The Morgan fingerprint density at radius 1 is 1.21 bits per heavy atom. The molecular weight excluding hydrogens is 519 g/mol. The van der Waals surface area contributed by atoms with Crippen LogP contribution in [0.2, 0.25) is 0 Å². The first-order valence-electron chi connectivity index (χ1n) is 10.2. The van der Waals surface area contributed by atoms with Crippen molar-refractivity contribution in [1.29, 1.82) is 0 Å². The molecule has 1 aromatic rings. The molecule has 2 heterocycles. The van der Waals surface area contributed by atoms with E-state index in [0.717, 1.165) is 44.2 Å². The van der Waals surface area contributed by atoms with Crippen LogP contribution >= 0.6 is 35.7 Å². The number of hydrogen-bond acceptors (Lipinski definition) is 4. The van der Waals surface area contributed by atoms with Gasteiger partial charge in [-0.2, -0.15) is 16.1 Å². The average molecular weight is 553 g/mol. The largest absolute Gasteiger partial charge is 0.356 e. The van der Waals surface area contributed by atoms with Crippen LogP contribution in [0.1, 0.15) is 26.2 Å². The fraction of sp³-hybridized carbons (Fsp3) is 0.650. The van der Waals surface area contributed by atoms with Crippen LogP contribution in [0.5, 0.6) is 0 Å². The van der Waals surface area contributed by atoms with Gasteiger partial charge in [0.15, 0.2) is 5.96 Å². The van der Waals surface area contributed by atoms with E-state index in [9.17, 15) is 8.42 Å². The summed E-state index contributed by atoms with van der Waals surface area (Å²) < 4.78 is 27.1. The molecule has 1 atom stereocenters. The van der Waals surface area contributed by atoms with Crippen molar-refractivity contribution in [3.05, 3.63) is 30.3 Å². The molecule has 0 bridgehead atoms. The number of nitrogens with one attached hydrogen (secondary N) is 1. The van der Waals surface area contributed by atoms with Crippen molar-refractivity contribution in [2.45, 2.75) is 36.3 Å². The molecule has 0 aromatic heterocycles. The van der Waals surface area contributed by atoms with E-state index in [-0.39, 0.29) is 24.0 Å². The zero-order valence-electron chi connectivity index (χ0n) is 17.3. The fourth-order valence-electron chi connectivity index (χ4n) is 3.82. The van der Waals surface area contributed by atoms with Crippen LogP contribution in [-0.4, -0.2) is 74.4 Å². The molecule has 0 saturated carbocycles. The number of piperidine rings is 1. The summed E-state index contributed by atoms with van der Waals surface area (Å²) in [7, 11) is -1.52. The molecule has 0 amide bonds. The zero-order valence-corrected chi connectivity index (χ0v) is 21.3. The number of hydrogen-bond donors (Lipinski definition) is 1. The average Bonchev–Trinajstić information content (AvgIpc) is 2.75. The Balaban J connectivity index is 0.00000300. The maximum absolute atomic E-state index is 12.8. The first kappa shape index (κ1) is 24.7. The van der Waals surface area contributed by atoms with Crippen molar-refractivity contribution in [2.75, 3.05) is 45.5 Å². The second-order valence-corrected chi connectivity index (χ2v) is 10.8. The van der Waals surface area contributed by atoms with Gasteiger partial charge in [-0.25, -0.2) is 8.42 Å². The lowest BCUT2D eigenvalue weighted by Gasteiger charge is -2.36. The van der Waals surface area contributed by atoms with Crippen molar-refractivity contribution in [1.82, 2.24) is 14.5 Å². The molecule has 0 spiro atoms. The zero-order chi connectivity index (χ0) is 20.0. The number of halogens is 1. The molecule has 6 nitrogen and oxygen atoms in total. The molecule has 0 radical (unpaired) electrons. The fourth-order valence-corrected chi connectivity index (χ4v) is 6.49. The monoisotopic (exact) mass is 552 g/mol. The summed E-state index contributed by atoms with van der Waals surface area (Å²) in [6.45, 7) is 6.35. The van der Waals surface area contributed by atoms with Gasteiger partial charge in [-0.3, -0.25) is 4.99 Å². The molecule has 3 rings (SSSR count). The third kappa shape index (κ3) is 6.48. The Kier molecular flexibility index (Phi) is 10.0. The Morgan fingerprint density at radius 3 is 2.52 bits per heavy atom. The Bertz CT molecular complexity index is 753.